The van der Waals surface area contributed by atoms with Crippen molar-refractivity contribution in [3.8, 4) is 5.75 Å². The Kier molecular flexibility index (Phi) is 6.46. The molecule has 0 spiro atoms. The Balaban J connectivity index is 1.85. The first-order valence-corrected chi connectivity index (χ1v) is 7.88. The normalized spacial score (nSPS) is 10.1. The molecule has 0 aliphatic carbocycles. The number of anilines is 1. The second-order valence-corrected chi connectivity index (χ2v) is 5.85. The van der Waals surface area contributed by atoms with Crippen LogP contribution in [0.25, 0.3) is 0 Å². The molecule has 2 amide bonds. The van der Waals surface area contributed by atoms with Crippen molar-refractivity contribution in [1.29, 1.82) is 0 Å². The summed E-state index contributed by atoms with van der Waals surface area (Å²) in [6.07, 6.45) is 0.172. The molecule has 2 aromatic rings. The van der Waals surface area contributed by atoms with Crippen molar-refractivity contribution in [3.63, 3.8) is 0 Å². The summed E-state index contributed by atoms with van der Waals surface area (Å²) in [5.41, 5.74) is 1.26. The fourth-order valence-electron chi connectivity index (χ4n) is 2.00. The van der Waals surface area contributed by atoms with Gasteiger partial charge in [0.15, 0.2) is 0 Å². The number of hydrogen-bond donors (Lipinski definition) is 2. The molecule has 2 aromatic carbocycles. The molecule has 2 rings (SSSR count). The molecule has 0 aliphatic heterocycles. The van der Waals surface area contributed by atoms with Crippen LogP contribution in [-0.4, -0.2) is 25.5 Å². The summed E-state index contributed by atoms with van der Waals surface area (Å²) >= 11 is 11.7. The topological polar surface area (TPSA) is 67.4 Å². The second-order valence-electron chi connectivity index (χ2n) is 4.97. The van der Waals surface area contributed by atoms with Gasteiger partial charge >= 0.3 is 0 Å². The summed E-state index contributed by atoms with van der Waals surface area (Å²) in [7, 11) is 1.49. The fourth-order valence-corrected chi connectivity index (χ4v) is 2.30. The number of nitrogens with one attached hydrogen (secondary N) is 2. The van der Waals surface area contributed by atoms with Crippen molar-refractivity contribution < 1.29 is 14.3 Å². The number of carbonyl (C=O) groups is 2. The molecule has 0 atom stereocenters. The molecule has 0 fully saturated rings. The van der Waals surface area contributed by atoms with E-state index in [1.165, 1.54) is 7.11 Å². The van der Waals surface area contributed by atoms with Crippen molar-refractivity contribution in [2.45, 2.75) is 6.42 Å². The number of amides is 2. The van der Waals surface area contributed by atoms with E-state index >= 15 is 0 Å². The summed E-state index contributed by atoms with van der Waals surface area (Å²) in [5, 5.41) is 6.28. The van der Waals surface area contributed by atoms with Crippen LogP contribution in [0.3, 0.4) is 0 Å². The highest BCUT2D eigenvalue weighted by Crippen LogP contribution is 2.27. The molecule has 0 heterocycles. The van der Waals surface area contributed by atoms with Crippen LogP contribution in [0.5, 0.6) is 5.75 Å². The van der Waals surface area contributed by atoms with Crippen LogP contribution < -0.4 is 15.4 Å². The van der Waals surface area contributed by atoms with Crippen molar-refractivity contribution in [2.75, 3.05) is 19.0 Å². The van der Waals surface area contributed by atoms with Crippen molar-refractivity contribution >= 4 is 40.7 Å². The standard InChI is InChI=1S/C17H16Cl2N2O3/c1-24-15-7-6-13(19)9-14(15)21-17(23)10-20-16(22)8-11-2-4-12(18)5-3-11/h2-7,9H,8,10H2,1H3,(H,20,22)(H,21,23). The molecule has 7 heteroatoms. The van der Waals surface area contributed by atoms with Gasteiger partial charge in [-0.15, -0.1) is 0 Å². The predicted molar refractivity (Wildman–Crippen MR) is 94.8 cm³/mol. The average molecular weight is 367 g/mol. The predicted octanol–water partition coefficient (Wildman–Crippen LogP) is 3.30. The highest BCUT2D eigenvalue weighted by atomic mass is 35.5. The van der Waals surface area contributed by atoms with Crippen LogP contribution in [0.2, 0.25) is 10.0 Å². The van der Waals surface area contributed by atoms with Crippen LogP contribution in [-0.2, 0) is 16.0 Å². The first-order valence-electron chi connectivity index (χ1n) is 7.12. The lowest BCUT2D eigenvalue weighted by atomic mass is 10.1. The number of rotatable bonds is 6. The van der Waals surface area contributed by atoms with Crippen LogP contribution in [0.15, 0.2) is 42.5 Å². The minimum absolute atomic E-state index is 0.151. The summed E-state index contributed by atoms with van der Waals surface area (Å²) < 4.78 is 5.14. The third kappa shape index (κ3) is 5.44. The van der Waals surface area contributed by atoms with Gasteiger partial charge in [0, 0.05) is 10.0 Å². The van der Waals surface area contributed by atoms with Crippen LogP contribution in [0.4, 0.5) is 5.69 Å². The number of halogens is 2. The van der Waals surface area contributed by atoms with Crippen molar-refractivity contribution in [1.82, 2.24) is 5.32 Å². The van der Waals surface area contributed by atoms with Gasteiger partial charge in [-0.1, -0.05) is 35.3 Å². The van der Waals surface area contributed by atoms with Gasteiger partial charge in [-0.25, -0.2) is 0 Å². The molecular weight excluding hydrogens is 351 g/mol. The molecule has 0 bridgehead atoms. The van der Waals surface area contributed by atoms with Crippen LogP contribution >= 0.6 is 23.2 Å². The van der Waals surface area contributed by atoms with Crippen molar-refractivity contribution in [2.24, 2.45) is 0 Å². The van der Waals surface area contributed by atoms with Gasteiger partial charge in [0.05, 0.1) is 25.8 Å². The lowest BCUT2D eigenvalue weighted by Crippen LogP contribution is -2.33. The van der Waals surface area contributed by atoms with Gasteiger partial charge in [-0.05, 0) is 35.9 Å². The van der Waals surface area contributed by atoms with Gasteiger partial charge in [0.1, 0.15) is 5.75 Å². The van der Waals surface area contributed by atoms with E-state index < -0.39 is 0 Å². The summed E-state index contributed by atoms with van der Waals surface area (Å²) in [6, 6.07) is 11.8. The molecule has 0 aliphatic rings. The Bertz CT molecular complexity index is 733. The minimum Gasteiger partial charge on any atom is -0.495 e. The molecule has 0 saturated heterocycles. The lowest BCUT2D eigenvalue weighted by Gasteiger charge is -2.11. The Morgan fingerprint density at radius 1 is 1.00 bits per heavy atom. The van der Waals surface area contributed by atoms with E-state index in [9.17, 15) is 9.59 Å². The lowest BCUT2D eigenvalue weighted by molar-refractivity contribution is -0.123. The van der Waals surface area contributed by atoms with Gasteiger partial charge in [0.25, 0.3) is 0 Å². The first kappa shape index (κ1) is 18.1. The van der Waals surface area contributed by atoms with E-state index in [0.717, 1.165) is 5.56 Å². The second kappa shape index (κ2) is 8.57. The molecule has 5 nitrogen and oxygen atoms in total. The molecule has 126 valence electrons. The third-order valence-electron chi connectivity index (χ3n) is 3.16. The average Bonchev–Trinajstić information content (AvgIpc) is 2.55. The van der Waals surface area contributed by atoms with Gasteiger partial charge in [-0.2, -0.15) is 0 Å². The summed E-state index contributed by atoms with van der Waals surface area (Å²) in [4.78, 5) is 23.8. The largest absolute Gasteiger partial charge is 0.495 e. The minimum atomic E-state index is -0.375. The Morgan fingerprint density at radius 2 is 1.67 bits per heavy atom. The Labute approximate surface area is 149 Å². The SMILES string of the molecule is COc1ccc(Cl)cc1NC(=O)CNC(=O)Cc1ccc(Cl)cc1. The molecule has 0 unspecified atom stereocenters. The van der Waals surface area contributed by atoms with Crippen LogP contribution in [0, 0.1) is 0 Å². The number of methoxy groups -OCH3 is 1. The summed E-state index contributed by atoms with van der Waals surface area (Å²) in [6.45, 7) is -0.151. The maximum atomic E-state index is 12.0. The highest BCUT2D eigenvalue weighted by molar-refractivity contribution is 6.31. The molecule has 24 heavy (non-hydrogen) atoms. The zero-order valence-electron chi connectivity index (χ0n) is 12.9. The number of hydrogen-bond acceptors (Lipinski definition) is 3. The molecule has 0 saturated carbocycles. The highest BCUT2D eigenvalue weighted by Gasteiger charge is 2.10. The fraction of sp³-hybridized carbons (Fsp3) is 0.176. The third-order valence-corrected chi connectivity index (χ3v) is 3.65. The van der Waals surface area contributed by atoms with Gasteiger partial charge < -0.3 is 15.4 Å². The van der Waals surface area contributed by atoms with E-state index in [2.05, 4.69) is 10.6 Å². The van der Waals surface area contributed by atoms with Crippen LogP contribution in [0.1, 0.15) is 5.56 Å². The maximum Gasteiger partial charge on any atom is 0.243 e. The monoisotopic (exact) mass is 366 g/mol. The van der Waals surface area contributed by atoms with E-state index in [-0.39, 0.29) is 24.8 Å². The molecular formula is C17H16Cl2N2O3. The Morgan fingerprint density at radius 3 is 2.33 bits per heavy atom. The van der Waals surface area contributed by atoms with E-state index in [1.807, 2.05) is 0 Å². The first-order chi connectivity index (χ1) is 11.5. The number of benzene rings is 2. The van der Waals surface area contributed by atoms with E-state index in [1.54, 1.807) is 42.5 Å². The maximum absolute atomic E-state index is 12.0. The van der Waals surface area contributed by atoms with E-state index in [4.69, 9.17) is 27.9 Å². The quantitative estimate of drug-likeness (QED) is 0.823. The zero-order chi connectivity index (χ0) is 17.5. The van der Waals surface area contributed by atoms with Gasteiger partial charge in [0.2, 0.25) is 11.8 Å². The molecule has 2 N–H and O–H groups in total. The number of carbonyl (C=O) groups excluding carboxylic acids is 2. The zero-order valence-corrected chi connectivity index (χ0v) is 14.4. The van der Waals surface area contributed by atoms with Crippen molar-refractivity contribution in [3.05, 3.63) is 58.1 Å². The molecule has 0 radical (unpaired) electrons. The summed E-state index contributed by atoms with van der Waals surface area (Å²) in [5.74, 6) is -0.147. The smallest absolute Gasteiger partial charge is 0.243 e. The van der Waals surface area contributed by atoms with E-state index in [0.29, 0.717) is 21.5 Å². The van der Waals surface area contributed by atoms with Gasteiger partial charge in [-0.3, -0.25) is 9.59 Å². The molecule has 0 aromatic heterocycles. The number of ether oxygens (including phenoxy) is 1. The Hall–Kier alpha value is -2.24.